The number of hydrogen-bond donors (Lipinski definition) is 0. The summed E-state index contributed by atoms with van der Waals surface area (Å²) in [4.78, 5) is 0. The highest BCUT2D eigenvalue weighted by Gasteiger charge is 2.20. The lowest BCUT2D eigenvalue weighted by Gasteiger charge is -2.27. The highest BCUT2D eigenvalue weighted by atomic mass is 14.2. The maximum absolute atomic E-state index is 2.33. The Morgan fingerprint density at radius 1 is 0.611 bits per heavy atom. The van der Waals surface area contributed by atoms with Gasteiger partial charge >= 0.3 is 0 Å². The van der Waals surface area contributed by atoms with Crippen LogP contribution in [0.4, 0.5) is 0 Å². The smallest absolute Gasteiger partial charge is 0.0210 e. The van der Waals surface area contributed by atoms with E-state index < -0.39 is 0 Å². The van der Waals surface area contributed by atoms with E-state index in [-0.39, 0.29) is 0 Å². The molecule has 0 heterocycles. The van der Waals surface area contributed by atoms with Gasteiger partial charge in [-0.05, 0) is 37.5 Å². The number of rotatable bonds is 13. The summed E-state index contributed by atoms with van der Waals surface area (Å²) in [6.45, 7) is 9.30. The summed E-state index contributed by atoms with van der Waals surface area (Å²) < 4.78 is 0. The molecule has 0 fully saturated rings. The van der Waals surface area contributed by atoms with E-state index in [0.717, 1.165) is 5.92 Å². The van der Waals surface area contributed by atoms with E-state index in [1.165, 1.54) is 77.0 Å². The number of unbranched alkanes of at least 4 members (excludes halogenated alkanes) is 4. The first kappa shape index (κ1) is 18.0. The third-order valence-electron chi connectivity index (χ3n) is 4.09. The summed E-state index contributed by atoms with van der Waals surface area (Å²) in [6.07, 6.45) is 16.8. The highest BCUT2D eigenvalue weighted by molar-refractivity contribution is 4.96. The van der Waals surface area contributed by atoms with Crippen molar-refractivity contribution in [3.63, 3.8) is 0 Å². The van der Waals surface area contributed by atoms with Crippen LogP contribution in [-0.4, -0.2) is 0 Å². The van der Waals surface area contributed by atoms with Crippen LogP contribution < -0.4 is 0 Å². The van der Waals surface area contributed by atoms with Crippen molar-refractivity contribution in [2.45, 2.75) is 105 Å². The summed E-state index contributed by atoms with van der Waals surface area (Å²) in [5.41, 5.74) is 0. The van der Waals surface area contributed by atoms with Crippen molar-refractivity contribution >= 4 is 0 Å². The molecule has 0 spiro atoms. The zero-order valence-corrected chi connectivity index (χ0v) is 13.6. The molecule has 0 nitrogen and oxygen atoms in total. The van der Waals surface area contributed by atoms with Crippen LogP contribution in [0.2, 0.25) is 0 Å². The molecule has 0 aliphatic carbocycles. The molecule has 0 amide bonds. The SMILES string of the molecule is CCCC[C](CCCC)C(CCCC)CCCC. The van der Waals surface area contributed by atoms with Gasteiger partial charge < -0.3 is 0 Å². The minimum Gasteiger partial charge on any atom is -0.0654 e. The Morgan fingerprint density at radius 2 is 1.00 bits per heavy atom. The molecule has 0 bridgehead atoms. The molecular weight excluding hydrogens is 216 g/mol. The second-order valence-electron chi connectivity index (χ2n) is 5.85. The maximum Gasteiger partial charge on any atom is -0.0210 e. The lowest BCUT2D eigenvalue weighted by atomic mass is 9.78. The van der Waals surface area contributed by atoms with Gasteiger partial charge in [0.25, 0.3) is 0 Å². The fourth-order valence-electron chi connectivity index (χ4n) is 2.79. The van der Waals surface area contributed by atoms with E-state index >= 15 is 0 Å². The summed E-state index contributed by atoms with van der Waals surface area (Å²) in [5.74, 6) is 2.86. The summed E-state index contributed by atoms with van der Waals surface area (Å²) in [5, 5.41) is 0. The lowest BCUT2D eigenvalue weighted by molar-refractivity contribution is 0.386. The molecule has 0 aromatic rings. The first-order valence-electron chi connectivity index (χ1n) is 8.64. The number of hydrogen-bond acceptors (Lipinski definition) is 0. The minimum atomic E-state index is 0.947. The zero-order chi connectivity index (χ0) is 13.6. The van der Waals surface area contributed by atoms with Crippen LogP contribution >= 0.6 is 0 Å². The molecule has 109 valence electrons. The van der Waals surface area contributed by atoms with Gasteiger partial charge in [0.05, 0.1) is 0 Å². The van der Waals surface area contributed by atoms with E-state index in [1.807, 2.05) is 5.92 Å². The van der Waals surface area contributed by atoms with E-state index in [2.05, 4.69) is 27.7 Å². The van der Waals surface area contributed by atoms with Crippen molar-refractivity contribution in [1.29, 1.82) is 0 Å². The Morgan fingerprint density at radius 3 is 1.33 bits per heavy atom. The Balaban J connectivity index is 4.27. The summed E-state index contributed by atoms with van der Waals surface area (Å²) in [7, 11) is 0. The molecule has 0 unspecified atom stereocenters. The molecule has 1 radical (unpaired) electrons. The second-order valence-corrected chi connectivity index (χ2v) is 5.85. The molecule has 0 saturated carbocycles. The molecular formula is C18H37. The van der Waals surface area contributed by atoms with E-state index in [0.29, 0.717) is 0 Å². The first-order valence-corrected chi connectivity index (χ1v) is 8.64. The Labute approximate surface area is 117 Å². The van der Waals surface area contributed by atoms with E-state index in [9.17, 15) is 0 Å². The lowest BCUT2D eigenvalue weighted by Crippen LogP contribution is -2.13. The van der Waals surface area contributed by atoms with Gasteiger partial charge in [0.1, 0.15) is 0 Å². The normalized spacial score (nSPS) is 11.7. The molecule has 0 aliphatic rings. The van der Waals surface area contributed by atoms with Crippen LogP contribution in [0, 0.1) is 11.8 Å². The fourth-order valence-corrected chi connectivity index (χ4v) is 2.79. The van der Waals surface area contributed by atoms with Gasteiger partial charge in [-0.15, -0.1) is 0 Å². The third-order valence-corrected chi connectivity index (χ3v) is 4.09. The van der Waals surface area contributed by atoms with Crippen molar-refractivity contribution < 1.29 is 0 Å². The highest BCUT2D eigenvalue weighted by Crippen LogP contribution is 2.34. The van der Waals surface area contributed by atoms with Gasteiger partial charge in [0, 0.05) is 0 Å². The van der Waals surface area contributed by atoms with Crippen LogP contribution in [0.25, 0.3) is 0 Å². The van der Waals surface area contributed by atoms with Gasteiger partial charge in [0.15, 0.2) is 0 Å². The van der Waals surface area contributed by atoms with Crippen LogP contribution in [0.3, 0.4) is 0 Å². The molecule has 0 aromatic carbocycles. The van der Waals surface area contributed by atoms with Crippen molar-refractivity contribution in [1.82, 2.24) is 0 Å². The molecule has 0 aliphatic heterocycles. The molecule has 0 atom stereocenters. The summed E-state index contributed by atoms with van der Waals surface area (Å²) >= 11 is 0. The van der Waals surface area contributed by atoms with Crippen molar-refractivity contribution in [2.24, 2.45) is 5.92 Å². The quantitative estimate of drug-likeness (QED) is 0.333. The van der Waals surface area contributed by atoms with Crippen molar-refractivity contribution in [2.75, 3.05) is 0 Å². The predicted octanol–water partition coefficient (Wildman–Crippen LogP) is 6.94. The Bertz CT molecular complexity index is 116. The van der Waals surface area contributed by atoms with Crippen LogP contribution in [0.1, 0.15) is 105 Å². The standard InChI is InChI=1S/C18H37/c1-5-9-13-17(14-10-6-2)18(15-11-7-3)16-12-8-4/h17H,5-16H2,1-4H3. The van der Waals surface area contributed by atoms with Crippen LogP contribution in [0.15, 0.2) is 0 Å². The van der Waals surface area contributed by atoms with Crippen LogP contribution in [0.5, 0.6) is 0 Å². The van der Waals surface area contributed by atoms with E-state index in [1.54, 1.807) is 0 Å². The van der Waals surface area contributed by atoms with Crippen LogP contribution in [-0.2, 0) is 0 Å². The van der Waals surface area contributed by atoms with Gasteiger partial charge in [-0.25, -0.2) is 0 Å². The monoisotopic (exact) mass is 253 g/mol. The zero-order valence-electron chi connectivity index (χ0n) is 13.6. The Hall–Kier alpha value is 0. The van der Waals surface area contributed by atoms with Gasteiger partial charge in [-0.1, -0.05) is 79.1 Å². The van der Waals surface area contributed by atoms with Crippen molar-refractivity contribution in [3.8, 4) is 0 Å². The molecule has 0 rings (SSSR count). The molecule has 18 heavy (non-hydrogen) atoms. The van der Waals surface area contributed by atoms with Gasteiger partial charge in [0.2, 0.25) is 0 Å². The van der Waals surface area contributed by atoms with Gasteiger partial charge in [-0.2, -0.15) is 0 Å². The minimum absolute atomic E-state index is 0.947. The maximum atomic E-state index is 2.33. The molecule has 0 saturated heterocycles. The summed E-state index contributed by atoms with van der Waals surface area (Å²) in [6, 6.07) is 0. The van der Waals surface area contributed by atoms with Crippen molar-refractivity contribution in [3.05, 3.63) is 5.92 Å². The average Bonchev–Trinajstić information content (AvgIpc) is 2.40. The fraction of sp³-hybridized carbons (Fsp3) is 0.944. The third kappa shape index (κ3) is 9.00. The largest absolute Gasteiger partial charge is 0.0654 e. The molecule has 0 N–H and O–H groups in total. The van der Waals surface area contributed by atoms with E-state index in [4.69, 9.17) is 0 Å². The van der Waals surface area contributed by atoms with Gasteiger partial charge in [-0.3, -0.25) is 0 Å². The average molecular weight is 253 g/mol. The topological polar surface area (TPSA) is 0 Å². The second kappa shape index (κ2) is 13.4. The first-order chi connectivity index (χ1) is 8.79. The predicted molar refractivity (Wildman–Crippen MR) is 84.8 cm³/mol. The Kier molecular flexibility index (Phi) is 13.4. The molecule has 0 aromatic heterocycles. The molecule has 0 heteroatoms.